The number of aliphatic hydroxyl groups is 1. The molecule has 4 rings (SSSR count). The third-order valence-corrected chi connectivity index (χ3v) is 8.53. The molecule has 1 unspecified atom stereocenters. The van der Waals surface area contributed by atoms with Crippen LogP contribution in [0, 0.1) is 5.82 Å². The van der Waals surface area contributed by atoms with Crippen LogP contribution < -0.4 is 5.32 Å². The van der Waals surface area contributed by atoms with Crippen molar-refractivity contribution in [2.75, 3.05) is 5.32 Å². The van der Waals surface area contributed by atoms with Crippen molar-refractivity contribution in [1.29, 1.82) is 0 Å². The van der Waals surface area contributed by atoms with Gasteiger partial charge in [-0.25, -0.2) is 13.2 Å². The second kappa shape index (κ2) is 10.4. The first kappa shape index (κ1) is 28.3. The molecule has 0 radical (unpaired) electrons. The molecule has 1 aliphatic rings. The monoisotopic (exact) mass is 526 g/mol. The molecule has 2 aromatic carbocycles. The third kappa shape index (κ3) is 5.51. The number of aromatic nitrogens is 1. The Bertz CT molecular complexity index is 1300. The Kier molecular flexibility index (Phi) is 7.77. The van der Waals surface area contributed by atoms with E-state index in [1.54, 1.807) is 18.2 Å². The Morgan fingerprint density at radius 3 is 2.29 bits per heavy atom. The number of hydrogen-bond donors (Lipinski definition) is 2. The first-order valence-electron chi connectivity index (χ1n) is 13.8. The highest BCUT2D eigenvalue weighted by atomic mass is 19.3. The number of nitrogens with zero attached hydrogens (tertiary/aromatic N) is 1. The highest BCUT2D eigenvalue weighted by Crippen LogP contribution is 2.53. The van der Waals surface area contributed by atoms with Gasteiger partial charge >= 0.3 is 0 Å². The molecule has 1 saturated carbocycles. The molecule has 1 fully saturated rings. The van der Waals surface area contributed by atoms with Crippen molar-refractivity contribution < 1.29 is 18.3 Å². The van der Waals surface area contributed by atoms with Crippen LogP contribution in [0.25, 0.3) is 10.9 Å². The van der Waals surface area contributed by atoms with Crippen LogP contribution in [0.2, 0.25) is 0 Å². The molecule has 3 nitrogen and oxygen atoms in total. The molecule has 0 saturated heterocycles. The van der Waals surface area contributed by atoms with Gasteiger partial charge in [-0.1, -0.05) is 65.5 Å². The van der Waals surface area contributed by atoms with E-state index in [9.17, 15) is 13.9 Å². The highest BCUT2D eigenvalue weighted by molar-refractivity contribution is 5.86. The van der Waals surface area contributed by atoms with Gasteiger partial charge in [-0.3, -0.25) is 0 Å². The lowest BCUT2D eigenvalue weighted by Crippen LogP contribution is -2.24. The molecular formula is C32H41F3N2O. The lowest BCUT2D eigenvalue weighted by molar-refractivity contribution is -0.00220. The van der Waals surface area contributed by atoms with Crippen molar-refractivity contribution in [3.63, 3.8) is 0 Å². The summed E-state index contributed by atoms with van der Waals surface area (Å²) in [7, 11) is 0. The van der Waals surface area contributed by atoms with E-state index in [-0.39, 0.29) is 29.5 Å². The van der Waals surface area contributed by atoms with Gasteiger partial charge in [0.15, 0.2) is 0 Å². The van der Waals surface area contributed by atoms with Gasteiger partial charge < -0.3 is 15.0 Å². The number of alkyl halides is 2. The summed E-state index contributed by atoms with van der Waals surface area (Å²) in [5, 5.41) is 14.6. The Labute approximate surface area is 224 Å². The van der Waals surface area contributed by atoms with E-state index in [4.69, 9.17) is 0 Å². The van der Waals surface area contributed by atoms with Gasteiger partial charge in [-0.05, 0) is 48.9 Å². The van der Waals surface area contributed by atoms with Crippen molar-refractivity contribution in [3.05, 3.63) is 77.4 Å². The van der Waals surface area contributed by atoms with E-state index in [1.165, 1.54) is 6.92 Å². The van der Waals surface area contributed by atoms with E-state index in [0.717, 1.165) is 41.4 Å². The number of rotatable bonds is 12. The number of hydrogen-bond acceptors (Lipinski definition) is 2. The molecule has 0 bridgehead atoms. The maximum Gasteiger partial charge on any atom is 0.251 e. The van der Waals surface area contributed by atoms with Crippen LogP contribution in [0.5, 0.6) is 0 Å². The van der Waals surface area contributed by atoms with E-state index < -0.39 is 12.0 Å². The zero-order valence-electron chi connectivity index (χ0n) is 23.3. The minimum absolute atomic E-state index is 0.133. The number of anilines is 1. The van der Waals surface area contributed by atoms with Crippen molar-refractivity contribution in [3.8, 4) is 0 Å². The molecule has 2 N–H and O–H groups in total. The minimum Gasteiger partial charge on any atom is -0.391 e. The number of allylic oxidation sites excluding steroid dienone is 1. The van der Waals surface area contributed by atoms with Gasteiger partial charge in [0.2, 0.25) is 0 Å². The Hall–Kier alpha value is -2.73. The summed E-state index contributed by atoms with van der Waals surface area (Å²) >= 11 is 0. The van der Waals surface area contributed by atoms with Gasteiger partial charge in [0.25, 0.3) is 5.92 Å². The molecule has 0 amide bonds. The fourth-order valence-corrected chi connectivity index (χ4v) is 5.20. The van der Waals surface area contributed by atoms with Crippen LogP contribution in [0.1, 0.15) is 83.5 Å². The molecule has 1 heterocycles. The molecule has 38 heavy (non-hydrogen) atoms. The first-order valence-corrected chi connectivity index (χ1v) is 13.8. The third-order valence-electron chi connectivity index (χ3n) is 8.53. The average molecular weight is 527 g/mol. The van der Waals surface area contributed by atoms with Crippen LogP contribution in [0.15, 0.2) is 54.7 Å². The summed E-state index contributed by atoms with van der Waals surface area (Å²) in [6.07, 6.45) is 2.31. The normalized spacial score (nSPS) is 16.0. The molecule has 0 spiro atoms. The van der Waals surface area contributed by atoms with E-state index in [2.05, 4.69) is 43.3 Å². The van der Waals surface area contributed by atoms with Crippen LogP contribution in [-0.2, 0) is 23.8 Å². The molecule has 6 heteroatoms. The van der Waals surface area contributed by atoms with Gasteiger partial charge in [0.1, 0.15) is 5.82 Å². The fraction of sp³-hybridized carbons (Fsp3) is 0.500. The molecule has 3 aromatic rings. The number of halogens is 3. The van der Waals surface area contributed by atoms with E-state index in [1.807, 2.05) is 25.1 Å². The average Bonchev–Trinajstić information content (AvgIpc) is 3.63. The molecule has 1 aromatic heterocycles. The second-order valence-electron chi connectivity index (χ2n) is 11.6. The fourth-order valence-electron chi connectivity index (χ4n) is 5.20. The lowest BCUT2D eigenvalue weighted by Gasteiger charge is -2.26. The summed E-state index contributed by atoms with van der Waals surface area (Å²) in [5.74, 6) is -3.09. The predicted octanol–water partition coefficient (Wildman–Crippen LogP) is 8.48. The zero-order valence-corrected chi connectivity index (χ0v) is 23.3. The summed E-state index contributed by atoms with van der Waals surface area (Å²) in [4.78, 5) is 0. The second-order valence-corrected chi connectivity index (χ2v) is 11.6. The molecule has 206 valence electrons. The Balaban J connectivity index is 1.62. The maximum atomic E-state index is 15.5. The summed E-state index contributed by atoms with van der Waals surface area (Å²) in [6.45, 7) is 14.6. The van der Waals surface area contributed by atoms with Gasteiger partial charge in [-0.2, -0.15) is 0 Å². The summed E-state index contributed by atoms with van der Waals surface area (Å²) in [5.41, 5.74) is 4.06. The van der Waals surface area contributed by atoms with Gasteiger partial charge in [-0.15, -0.1) is 0 Å². The number of benzene rings is 2. The number of nitrogens with one attached hydrogen (secondary N) is 1. The predicted molar refractivity (Wildman–Crippen MR) is 151 cm³/mol. The van der Waals surface area contributed by atoms with Crippen LogP contribution >= 0.6 is 0 Å². The summed E-state index contributed by atoms with van der Waals surface area (Å²) < 4.78 is 45.2. The Morgan fingerprint density at radius 2 is 1.74 bits per heavy atom. The molecular weight excluding hydrogens is 485 g/mol. The van der Waals surface area contributed by atoms with Crippen molar-refractivity contribution in [2.45, 2.75) is 103 Å². The van der Waals surface area contributed by atoms with Crippen LogP contribution in [-0.4, -0.2) is 21.7 Å². The number of aliphatic hydroxyl groups excluding tert-OH is 1. The topological polar surface area (TPSA) is 37.2 Å². The Morgan fingerprint density at radius 1 is 1.08 bits per heavy atom. The van der Waals surface area contributed by atoms with Crippen molar-refractivity contribution in [2.24, 2.45) is 0 Å². The zero-order chi connectivity index (χ0) is 27.9. The quantitative estimate of drug-likeness (QED) is 0.248. The van der Waals surface area contributed by atoms with Crippen LogP contribution in [0.4, 0.5) is 18.9 Å². The van der Waals surface area contributed by atoms with Crippen LogP contribution in [0.3, 0.4) is 0 Å². The van der Waals surface area contributed by atoms with Gasteiger partial charge in [0.05, 0.1) is 17.3 Å². The van der Waals surface area contributed by atoms with E-state index in [0.29, 0.717) is 29.9 Å². The smallest absolute Gasteiger partial charge is 0.251 e. The first-order chi connectivity index (χ1) is 17.9. The van der Waals surface area contributed by atoms with Crippen molar-refractivity contribution >= 4 is 16.6 Å². The lowest BCUT2D eigenvalue weighted by atomic mass is 9.86. The maximum absolute atomic E-state index is 15.5. The van der Waals surface area contributed by atoms with Crippen molar-refractivity contribution in [1.82, 2.24) is 4.57 Å². The van der Waals surface area contributed by atoms with E-state index >= 15 is 4.39 Å². The van der Waals surface area contributed by atoms with Gasteiger partial charge in [0, 0.05) is 53.1 Å². The molecule has 1 atom stereocenters. The largest absolute Gasteiger partial charge is 0.391 e. The number of fused-ring (bicyclic) bond motifs is 1. The SMILES string of the molecule is C=C(Nc1cc2cc(C(C)(C)CC)n(CC(O)CC)c2cc1F)C1(c2ccc(CC(F)(F)CC)cc2)CC1. The standard InChI is InChI=1S/C32H41F3N2O/c1-7-25(38)20-37-28-18-26(33)27(16-23(28)17-29(37)30(5,6)8-2)36-21(4)31(14-15-31)24-12-10-22(11-13-24)19-32(34,35)9-3/h10-13,16-18,25,36,38H,4,7-9,14-15,19-20H2,1-3,5-6H3. The minimum atomic E-state index is -2.71. The summed E-state index contributed by atoms with van der Waals surface area (Å²) in [6, 6.07) is 12.8. The molecule has 0 aliphatic heterocycles. The molecule has 1 aliphatic carbocycles. The highest BCUT2D eigenvalue weighted by Gasteiger charge is 2.47.